The van der Waals surface area contributed by atoms with Crippen LogP contribution >= 0.6 is 0 Å². The lowest BCUT2D eigenvalue weighted by Gasteiger charge is -2.19. The van der Waals surface area contributed by atoms with E-state index in [0.29, 0.717) is 6.26 Å². The van der Waals surface area contributed by atoms with Gasteiger partial charge in [-0.1, -0.05) is 17.7 Å². The first-order valence-electron chi connectivity index (χ1n) is 14.7. The van der Waals surface area contributed by atoms with Gasteiger partial charge in [0, 0.05) is 12.5 Å². The van der Waals surface area contributed by atoms with Crippen LogP contribution in [-0.2, 0) is 81.1 Å². The Hall–Kier alpha value is -3.68. The zero-order chi connectivity index (χ0) is 41.1. The first-order chi connectivity index (χ1) is 23.4. The van der Waals surface area contributed by atoms with Gasteiger partial charge in [0.15, 0.2) is 10.0 Å². The Morgan fingerprint density at radius 1 is 0.654 bits per heavy atom. The first kappa shape index (κ1) is 50.4. The maximum atomic E-state index is 11.4. The van der Waals surface area contributed by atoms with E-state index >= 15 is 0 Å². The molecular weight excluding hydrogens is 780 g/mol. The van der Waals surface area contributed by atoms with Gasteiger partial charge in [0.2, 0.25) is 19.0 Å². The molecule has 0 spiro atoms. The summed E-state index contributed by atoms with van der Waals surface area (Å²) in [5, 5.41) is 0. The second-order valence-electron chi connectivity index (χ2n) is 10.4. The summed E-state index contributed by atoms with van der Waals surface area (Å²) >= 11 is 0. The van der Waals surface area contributed by atoms with Crippen LogP contribution in [0.5, 0.6) is 0 Å². The normalized spacial score (nSPS) is 11.4. The van der Waals surface area contributed by atoms with Gasteiger partial charge in [0.25, 0.3) is 0 Å². The Bertz CT molecular complexity index is 1960. The van der Waals surface area contributed by atoms with Crippen molar-refractivity contribution in [3.05, 3.63) is 90.1 Å². The van der Waals surface area contributed by atoms with E-state index in [1.165, 1.54) is 12.1 Å². The van der Waals surface area contributed by atoms with Gasteiger partial charge in [-0.25, -0.2) is 61.1 Å². The number of hydrogen-bond acceptors (Lipinski definition) is 10. The summed E-state index contributed by atoms with van der Waals surface area (Å²) in [4.78, 5) is -0.178. The van der Waals surface area contributed by atoms with E-state index in [9.17, 15) is 43.0 Å². The zero-order valence-electron chi connectivity index (χ0n) is 30.1. The second kappa shape index (κ2) is 22.4. The fourth-order valence-electron chi connectivity index (χ4n) is 2.99. The largest absolute Gasteiger partial charge is 0.748 e. The number of sulfonamides is 2. The molecule has 17 nitrogen and oxygen atoms in total. The van der Waals surface area contributed by atoms with Crippen LogP contribution in [0, 0.1) is 6.92 Å². The van der Waals surface area contributed by atoms with Gasteiger partial charge in [-0.2, -0.15) is 13.2 Å². The highest BCUT2D eigenvalue weighted by atomic mass is 32.3. The quantitative estimate of drug-likeness (QED) is 0.200. The first-order valence-corrected chi connectivity index (χ1v) is 21.2. The number of halogens is 3. The number of hydrogen-bond donors (Lipinski definition) is 0. The molecule has 0 aliphatic rings. The molecular formula is C28H46F3N7O10S4. The Labute approximate surface area is 304 Å². The molecule has 0 saturated heterocycles. The van der Waals surface area contributed by atoms with Crippen molar-refractivity contribution in [1.82, 2.24) is 13.7 Å². The van der Waals surface area contributed by atoms with E-state index in [2.05, 4.69) is 72.0 Å². The van der Waals surface area contributed by atoms with Gasteiger partial charge in [-0.3, -0.25) is 0 Å². The van der Waals surface area contributed by atoms with Crippen LogP contribution in [0.25, 0.3) is 4.13 Å². The molecule has 3 aromatic heterocycles. The van der Waals surface area contributed by atoms with E-state index in [4.69, 9.17) is 13.0 Å². The standard InChI is InChI=1S/C7H8O3S.3C6H11N2.C2H3F3NO4S2.CH4O3S/c1-6-2-4-7(5-3-6)11(8,9)10;3*1-3-8-5-4-7(2)6-8;1-11(7,8)6-12(9,10)2(3,4)5;1-5(2,3)4/h2-5H,1H3,(H,8,9,10);3*4-6H,3H2,1-2H3;1H3;1H3,(H,2,3,4)/q;3*+1;-1;/p-2. The fourth-order valence-corrected chi connectivity index (χ4v) is 5.23. The lowest BCUT2D eigenvalue weighted by molar-refractivity contribution is -0.671. The summed E-state index contributed by atoms with van der Waals surface area (Å²) in [7, 11) is -12.6. The topological polar surface area (TPSA) is 223 Å². The number of aryl methyl sites for hydroxylation is 7. The maximum absolute atomic E-state index is 11.4. The van der Waals surface area contributed by atoms with Crippen LogP contribution in [0.15, 0.2) is 85.3 Å². The SMILES string of the molecule is CCn1cc[n+](C)c1.CCn1cc[n+](C)c1.CCn1cc[n+](C)c1.CS(=O)(=O)[N-]S(=O)(=O)C(F)(F)F.CS(=O)(=O)[O-].Cc1ccc(S(=O)(=O)[O-])cc1. The minimum Gasteiger partial charge on any atom is -0.748 e. The average molecular weight is 826 g/mol. The smallest absolute Gasteiger partial charge is 0.480 e. The van der Waals surface area contributed by atoms with Gasteiger partial charge in [-0.15, -0.1) is 0 Å². The molecule has 0 N–H and O–H groups in total. The molecule has 0 bridgehead atoms. The van der Waals surface area contributed by atoms with Crippen LogP contribution in [0.1, 0.15) is 26.3 Å². The van der Waals surface area contributed by atoms with Crippen LogP contribution in [0.4, 0.5) is 13.2 Å². The minimum absolute atomic E-state index is 0.178. The van der Waals surface area contributed by atoms with Crippen molar-refractivity contribution >= 4 is 40.3 Å². The molecule has 0 amide bonds. The molecule has 52 heavy (non-hydrogen) atoms. The average Bonchev–Trinajstić information content (AvgIpc) is 3.72. The van der Waals surface area contributed by atoms with Crippen LogP contribution < -0.4 is 13.7 Å². The monoisotopic (exact) mass is 825 g/mol. The van der Waals surface area contributed by atoms with E-state index < -0.39 is 45.8 Å². The molecule has 4 aromatic rings. The molecule has 298 valence electrons. The molecule has 0 saturated carbocycles. The van der Waals surface area contributed by atoms with Gasteiger partial charge in [0.05, 0.1) is 65.8 Å². The Balaban J connectivity index is 0. The highest BCUT2D eigenvalue weighted by Crippen LogP contribution is 2.29. The lowest BCUT2D eigenvalue weighted by atomic mass is 10.2. The Morgan fingerprint density at radius 2 is 0.942 bits per heavy atom. The third kappa shape index (κ3) is 26.1. The third-order valence-electron chi connectivity index (χ3n) is 5.40. The van der Waals surface area contributed by atoms with Crippen LogP contribution in [0.3, 0.4) is 0 Å². The predicted molar refractivity (Wildman–Crippen MR) is 182 cm³/mol. The van der Waals surface area contributed by atoms with E-state index in [-0.39, 0.29) is 11.2 Å². The van der Waals surface area contributed by atoms with E-state index in [1.54, 1.807) is 16.3 Å². The molecule has 0 aliphatic heterocycles. The van der Waals surface area contributed by atoms with Crippen molar-refractivity contribution in [2.24, 2.45) is 21.1 Å². The molecule has 0 atom stereocenters. The van der Waals surface area contributed by atoms with Crippen LogP contribution in [-0.4, -0.2) is 74.5 Å². The summed E-state index contributed by atoms with van der Waals surface area (Å²) in [5.41, 5.74) is -4.74. The summed E-state index contributed by atoms with van der Waals surface area (Å²) in [6.07, 6.45) is 19.3. The second-order valence-corrected chi connectivity index (χ2v) is 16.7. The molecule has 1 aromatic carbocycles. The molecule has 0 radical (unpaired) electrons. The highest BCUT2D eigenvalue weighted by molar-refractivity contribution is 8.12. The van der Waals surface area contributed by atoms with Crippen molar-refractivity contribution in [2.75, 3.05) is 12.5 Å². The van der Waals surface area contributed by atoms with Crippen molar-refractivity contribution < 1.29 is 69.6 Å². The van der Waals surface area contributed by atoms with Crippen molar-refractivity contribution in [3.63, 3.8) is 0 Å². The predicted octanol–water partition coefficient (Wildman–Crippen LogP) is 1.23. The number of alkyl halides is 3. The Morgan fingerprint density at radius 3 is 1.08 bits per heavy atom. The number of aromatic nitrogens is 6. The van der Waals surface area contributed by atoms with E-state index in [0.717, 1.165) is 25.2 Å². The molecule has 4 rings (SSSR count). The van der Waals surface area contributed by atoms with Gasteiger partial charge in [0.1, 0.15) is 47.3 Å². The Kier molecular flexibility index (Phi) is 21.7. The summed E-state index contributed by atoms with van der Waals surface area (Å²) in [6, 6.07) is 5.78. The van der Waals surface area contributed by atoms with E-state index in [1.807, 2.05) is 60.4 Å². The van der Waals surface area contributed by atoms with Crippen molar-refractivity contribution in [1.29, 1.82) is 0 Å². The molecule has 0 aliphatic carbocycles. The van der Waals surface area contributed by atoms with Gasteiger partial charge < -0.3 is 13.2 Å². The summed E-state index contributed by atoms with van der Waals surface area (Å²) < 4.78 is 147. The van der Waals surface area contributed by atoms with Gasteiger partial charge >= 0.3 is 5.51 Å². The number of rotatable bonds is 6. The van der Waals surface area contributed by atoms with Crippen molar-refractivity contribution in [2.45, 2.75) is 57.7 Å². The number of benzene rings is 1. The van der Waals surface area contributed by atoms with Gasteiger partial charge in [-0.05, 0) is 39.8 Å². The summed E-state index contributed by atoms with van der Waals surface area (Å²) in [5.74, 6) is 0. The minimum atomic E-state index is -5.92. The number of imidazole rings is 3. The number of nitrogens with zero attached hydrogens (tertiary/aromatic N) is 7. The highest BCUT2D eigenvalue weighted by Gasteiger charge is 2.40. The van der Waals surface area contributed by atoms with Crippen LogP contribution in [0.2, 0.25) is 0 Å². The zero-order valence-corrected chi connectivity index (χ0v) is 33.4. The maximum Gasteiger partial charge on any atom is 0.480 e. The lowest BCUT2D eigenvalue weighted by Crippen LogP contribution is -2.23. The molecule has 3 heterocycles. The molecule has 0 fully saturated rings. The third-order valence-corrected chi connectivity index (χ3v) is 8.70. The summed E-state index contributed by atoms with van der Waals surface area (Å²) in [6.45, 7) is 11.4. The van der Waals surface area contributed by atoms with Crippen molar-refractivity contribution in [3.8, 4) is 0 Å². The fraction of sp³-hybridized carbons (Fsp3) is 0.464. The molecule has 0 unspecified atom stereocenters. The molecule has 24 heteroatoms.